The highest BCUT2D eigenvalue weighted by Crippen LogP contribution is 2.23. The highest BCUT2D eigenvalue weighted by atomic mass is 32.2. The van der Waals surface area contributed by atoms with E-state index in [4.69, 9.17) is 0 Å². The van der Waals surface area contributed by atoms with E-state index in [1.807, 2.05) is 11.8 Å². The molecule has 1 fully saturated rings. The van der Waals surface area contributed by atoms with Crippen LogP contribution in [0.1, 0.15) is 33.1 Å². The second-order valence-corrected chi connectivity index (χ2v) is 7.50. The van der Waals surface area contributed by atoms with Gasteiger partial charge in [0, 0.05) is 5.75 Å². The number of carboxylic acid groups (broad SMARTS) is 1. The number of nitrogens with zero attached hydrogens (tertiary/aromatic N) is 1. The number of rotatable bonds is 6. The Bertz CT molecular complexity index is 380. The van der Waals surface area contributed by atoms with Gasteiger partial charge in [-0.2, -0.15) is 0 Å². The second-order valence-electron chi connectivity index (χ2n) is 5.03. The van der Waals surface area contributed by atoms with Crippen molar-refractivity contribution in [3.8, 4) is 0 Å². The van der Waals surface area contributed by atoms with Crippen LogP contribution in [0.2, 0.25) is 0 Å². The summed E-state index contributed by atoms with van der Waals surface area (Å²) in [6.07, 6.45) is 2.44. The standard InChI is InChI=1S/C12H23NO4S/c1-3-18(16,17)9-5-8-13-7-4-6-10(2)11(13)12(14)15/h10-11H,3-9H2,1-2H3,(H,14,15). The third-order valence-corrected chi connectivity index (χ3v) is 5.42. The van der Waals surface area contributed by atoms with Crippen molar-refractivity contribution in [1.29, 1.82) is 0 Å². The average Bonchev–Trinajstić information content (AvgIpc) is 2.28. The van der Waals surface area contributed by atoms with Gasteiger partial charge in [-0.25, -0.2) is 8.42 Å². The van der Waals surface area contributed by atoms with E-state index in [2.05, 4.69) is 0 Å². The lowest BCUT2D eigenvalue weighted by atomic mass is 9.91. The number of hydrogen-bond donors (Lipinski definition) is 1. The zero-order valence-electron chi connectivity index (χ0n) is 11.1. The molecule has 1 rings (SSSR count). The molecule has 0 aromatic carbocycles. The van der Waals surface area contributed by atoms with Crippen LogP contribution in [0.5, 0.6) is 0 Å². The Morgan fingerprint density at radius 3 is 2.67 bits per heavy atom. The van der Waals surface area contributed by atoms with Gasteiger partial charge in [-0.15, -0.1) is 0 Å². The summed E-state index contributed by atoms with van der Waals surface area (Å²) in [5.41, 5.74) is 0. The van der Waals surface area contributed by atoms with Gasteiger partial charge in [0.2, 0.25) is 0 Å². The summed E-state index contributed by atoms with van der Waals surface area (Å²) in [4.78, 5) is 13.1. The van der Waals surface area contributed by atoms with Crippen LogP contribution >= 0.6 is 0 Å². The van der Waals surface area contributed by atoms with E-state index in [0.29, 0.717) is 13.0 Å². The molecule has 0 radical (unpaired) electrons. The van der Waals surface area contributed by atoms with Crippen LogP contribution in [-0.4, -0.2) is 55.0 Å². The Hall–Kier alpha value is -0.620. The Kier molecular flexibility index (Phi) is 5.59. The molecule has 0 saturated carbocycles. The highest BCUT2D eigenvalue weighted by Gasteiger charge is 2.33. The Balaban J connectivity index is 2.51. The van der Waals surface area contributed by atoms with Crippen LogP contribution in [0, 0.1) is 5.92 Å². The third-order valence-electron chi connectivity index (χ3n) is 3.63. The van der Waals surface area contributed by atoms with Gasteiger partial charge >= 0.3 is 5.97 Å². The van der Waals surface area contributed by atoms with E-state index in [-0.39, 0.29) is 17.4 Å². The highest BCUT2D eigenvalue weighted by molar-refractivity contribution is 7.91. The predicted molar refractivity (Wildman–Crippen MR) is 70.3 cm³/mol. The van der Waals surface area contributed by atoms with Gasteiger partial charge in [0.15, 0.2) is 0 Å². The zero-order chi connectivity index (χ0) is 13.8. The van der Waals surface area contributed by atoms with Crippen molar-refractivity contribution in [3.63, 3.8) is 0 Å². The molecule has 1 saturated heterocycles. The molecule has 0 spiro atoms. The molecule has 0 aromatic heterocycles. The number of carbonyl (C=O) groups is 1. The molecule has 1 aliphatic rings. The van der Waals surface area contributed by atoms with E-state index in [1.54, 1.807) is 6.92 Å². The summed E-state index contributed by atoms with van der Waals surface area (Å²) in [6.45, 7) is 4.90. The number of sulfone groups is 1. The molecule has 2 atom stereocenters. The predicted octanol–water partition coefficient (Wildman–Crippen LogP) is 0.996. The van der Waals surface area contributed by atoms with E-state index in [9.17, 15) is 18.3 Å². The number of aliphatic carboxylic acids is 1. The zero-order valence-corrected chi connectivity index (χ0v) is 11.9. The van der Waals surface area contributed by atoms with Crippen LogP contribution in [0.25, 0.3) is 0 Å². The summed E-state index contributed by atoms with van der Waals surface area (Å²) < 4.78 is 22.8. The van der Waals surface area contributed by atoms with Crippen molar-refractivity contribution >= 4 is 15.8 Å². The summed E-state index contributed by atoms with van der Waals surface area (Å²) in [5.74, 6) is -0.341. The first kappa shape index (κ1) is 15.4. The smallest absolute Gasteiger partial charge is 0.321 e. The molecule has 18 heavy (non-hydrogen) atoms. The van der Waals surface area contributed by atoms with Crippen LogP contribution in [0.15, 0.2) is 0 Å². The van der Waals surface area contributed by atoms with Crippen molar-refractivity contribution in [2.24, 2.45) is 5.92 Å². The van der Waals surface area contributed by atoms with E-state index < -0.39 is 21.8 Å². The van der Waals surface area contributed by atoms with E-state index in [1.165, 1.54) is 0 Å². The number of likely N-dealkylation sites (tertiary alicyclic amines) is 1. The van der Waals surface area contributed by atoms with Crippen molar-refractivity contribution in [3.05, 3.63) is 0 Å². The molecule has 0 amide bonds. The summed E-state index contributed by atoms with van der Waals surface area (Å²) in [6, 6.07) is -0.455. The Morgan fingerprint density at radius 2 is 2.11 bits per heavy atom. The fourth-order valence-electron chi connectivity index (χ4n) is 2.56. The minimum absolute atomic E-state index is 0.138. The summed E-state index contributed by atoms with van der Waals surface area (Å²) in [7, 11) is -2.95. The van der Waals surface area contributed by atoms with Gasteiger partial charge in [0.1, 0.15) is 15.9 Å². The third kappa shape index (κ3) is 4.24. The van der Waals surface area contributed by atoms with Gasteiger partial charge < -0.3 is 5.11 Å². The first-order chi connectivity index (χ1) is 8.37. The molecule has 1 heterocycles. The molecular weight excluding hydrogens is 254 g/mol. The molecule has 1 aliphatic heterocycles. The fourth-order valence-corrected chi connectivity index (χ4v) is 3.41. The van der Waals surface area contributed by atoms with Crippen molar-refractivity contribution < 1.29 is 18.3 Å². The van der Waals surface area contributed by atoms with Gasteiger partial charge in [0.05, 0.1) is 5.75 Å². The molecule has 0 bridgehead atoms. The molecule has 1 N–H and O–H groups in total. The van der Waals surface area contributed by atoms with Crippen LogP contribution in [0.3, 0.4) is 0 Å². The van der Waals surface area contributed by atoms with Crippen molar-refractivity contribution in [2.75, 3.05) is 24.6 Å². The molecule has 0 aliphatic carbocycles. The number of carboxylic acids is 1. The summed E-state index contributed by atoms with van der Waals surface area (Å²) in [5, 5.41) is 9.22. The van der Waals surface area contributed by atoms with Crippen LogP contribution < -0.4 is 0 Å². The van der Waals surface area contributed by atoms with Gasteiger partial charge in [-0.1, -0.05) is 13.8 Å². The van der Waals surface area contributed by atoms with E-state index >= 15 is 0 Å². The largest absolute Gasteiger partial charge is 0.480 e. The molecule has 0 aromatic rings. The normalized spacial score (nSPS) is 26.1. The maximum absolute atomic E-state index is 11.4. The fraction of sp³-hybridized carbons (Fsp3) is 0.917. The average molecular weight is 277 g/mol. The molecular formula is C12H23NO4S. The quantitative estimate of drug-likeness (QED) is 0.784. The molecule has 2 unspecified atom stereocenters. The monoisotopic (exact) mass is 277 g/mol. The first-order valence-electron chi connectivity index (χ1n) is 6.54. The first-order valence-corrected chi connectivity index (χ1v) is 8.37. The minimum atomic E-state index is -2.95. The minimum Gasteiger partial charge on any atom is -0.480 e. The topological polar surface area (TPSA) is 74.7 Å². The number of hydrogen-bond acceptors (Lipinski definition) is 4. The maximum atomic E-state index is 11.4. The Morgan fingerprint density at radius 1 is 1.44 bits per heavy atom. The maximum Gasteiger partial charge on any atom is 0.321 e. The van der Waals surface area contributed by atoms with Crippen LogP contribution in [-0.2, 0) is 14.6 Å². The van der Waals surface area contributed by atoms with Crippen molar-refractivity contribution in [1.82, 2.24) is 4.90 Å². The number of piperidine rings is 1. The van der Waals surface area contributed by atoms with Crippen LogP contribution in [0.4, 0.5) is 0 Å². The van der Waals surface area contributed by atoms with Gasteiger partial charge in [-0.3, -0.25) is 9.69 Å². The van der Waals surface area contributed by atoms with E-state index in [0.717, 1.165) is 19.4 Å². The van der Waals surface area contributed by atoms with Crippen molar-refractivity contribution in [2.45, 2.75) is 39.2 Å². The lowest BCUT2D eigenvalue weighted by molar-refractivity contribution is -0.146. The SMILES string of the molecule is CCS(=O)(=O)CCCN1CCCC(C)C1C(=O)O. The lowest BCUT2D eigenvalue weighted by Gasteiger charge is -2.37. The summed E-state index contributed by atoms with van der Waals surface area (Å²) >= 11 is 0. The molecule has 6 heteroatoms. The second kappa shape index (κ2) is 6.52. The Labute approximate surface area is 109 Å². The van der Waals surface area contributed by atoms with Gasteiger partial charge in [0.25, 0.3) is 0 Å². The van der Waals surface area contributed by atoms with Gasteiger partial charge in [-0.05, 0) is 38.3 Å². The molecule has 106 valence electrons. The lowest BCUT2D eigenvalue weighted by Crippen LogP contribution is -2.49. The molecule has 5 nitrogen and oxygen atoms in total.